The summed E-state index contributed by atoms with van der Waals surface area (Å²) in [6, 6.07) is 4.16. The lowest BCUT2D eigenvalue weighted by Crippen LogP contribution is -2.02. The van der Waals surface area contributed by atoms with Gasteiger partial charge in [0.05, 0.1) is 7.11 Å². The van der Waals surface area contributed by atoms with Crippen LogP contribution in [0.4, 0.5) is 0 Å². The van der Waals surface area contributed by atoms with Crippen LogP contribution in [-0.2, 0) is 0 Å². The lowest BCUT2D eigenvalue weighted by molar-refractivity contribution is 0.413. The van der Waals surface area contributed by atoms with Crippen molar-refractivity contribution in [2.75, 3.05) is 12.9 Å². The Hall–Kier alpha value is -1.14. The third-order valence-electron chi connectivity index (χ3n) is 3.01. The highest BCUT2D eigenvalue weighted by Gasteiger charge is 2.12. The summed E-state index contributed by atoms with van der Waals surface area (Å²) in [6.07, 6.45) is 1.03. The summed E-state index contributed by atoms with van der Waals surface area (Å²) >= 11 is 1.33. The molecular formula is C14H19NOS. The fourth-order valence-electron chi connectivity index (χ4n) is 2.26. The fraction of sp³-hybridized carbons (Fsp3) is 0.500. The molecule has 1 atom stereocenters. The van der Waals surface area contributed by atoms with Crippen LogP contribution in [0.15, 0.2) is 12.1 Å². The summed E-state index contributed by atoms with van der Waals surface area (Å²) in [6.45, 7) is 6.47. The molecule has 0 spiro atoms. The van der Waals surface area contributed by atoms with Crippen molar-refractivity contribution in [3.63, 3.8) is 0 Å². The standard InChI is InChI=1S/C14H19NOS/c1-10(5-6-17-9-15)14-11(2)7-13(16-4)8-12(14)3/h7-8,10H,5-6H2,1-4H3. The van der Waals surface area contributed by atoms with E-state index in [1.165, 1.54) is 28.5 Å². The van der Waals surface area contributed by atoms with Crippen molar-refractivity contribution in [3.05, 3.63) is 28.8 Å². The van der Waals surface area contributed by atoms with Gasteiger partial charge in [0.15, 0.2) is 0 Å². The molecule has 1 rings (SSSR count). The number of thioether (sulfide) groups is 1. The number of hydrogen-bond acceptors (Lipinski definition) is 3. The number of hydrogen-bond donors (Lipinski definition) is 0. The normalized spacial score (nSPS) is 11.9. The molecule has 92 valence electrons. The molecule has 0 fully saturated rings. The number of benzene rings is 1. The van der Waals surface area contributed by atoms with E-state index in [2.05, 4.69) is 38.3 Å². The molecule has 1 unspecified atom stereocenters. The SMILES string of the molecule is COc1cc(C)c(C(C)CCSC#N)c(C)c1. The molecule has 0 radical (unpaired) electrons. The second-order valence-electron chi connectivity index (χ2n) is 4.30. The Morgan fingerprint density at radius 2 is 1.94 bits per heavy atom. The van der Waals surface area contributed by atoms with E-state index in [1.54, 1.807) is 7.11 Å². The molecule has 0 saturated heterocycles. The van der Waals surface area contributed by atoms with Crippen molar-refractivity contribution >= 4 is 11.8 Å². The average Bonchev–Trinajstić information content (AvgIpc) is 2.28. The van der Waals surface area contributed by atoms with Gasteiger partial charge < -0.3 is 4.74 Å². The monoisotopic (exact) mass is 249 g/mol. The van der Waals surface area contributed by atoms with Gasteiger partial charge in [-0.05, 0) is 66.8 Å². The van der Waals surface area contributed by atoms with Crippen LogP contribution < -0.4 is 4.74 Å². The summed E-state index contributed by atoms with van der Waals surface area (Å²) in [5.74, 6) is 2.30. The molecule has 1 aromatic carbocycles. The highest BCUT2D eigenvalue weighted by Crippen LogP contribution is 2.30. The number of methoxy groups -OCH3 is 1. The van der Waals surface area contributed by atoms with Gasteiger partial charge in [-0.2, -0.15) is 5.26 Å². The van der Waals surface area contributed by atoms with Crippen LogP contribution in [0, 0.1) is 24.5 Å². The number of rotatable bonds is 5. The van der Waals surface area contributed by atoms with E-state index >= 15 is 0 Å². The average molecular weight is 249 g/mol. The molecule has 17 heavy (non-hydrogen) atoms. The summed E-state index contributed by atoms with van der Waals surface area (Å²) in [4.78, 5) is 0. The zero-order valence-corrected chi connectivity index (χ0v) is 11.7. The van der Waals surface area contributed by atoms with Crippen molar-refractivity contribution in [2.24, 2.45) is 0 Å². The van der Waals surface area contributed by atoms with Crippen molar-refractivity contribution in [3.8, 4) is 11.2 Å². The summed E-state index contributed by atoms with van der Waals surface area (Å²) < 4.78 is 5.26. The molecule has 0 aliphatic heterocycles. The molecule has 0 aromatic heterocycles. The van der Waals surface area contributed by atoms with E-state index in [1.807, 2.05) is 0 Å². The molecule has 0 bridgehead atoms. The van der Waals surface area contributed by atoms with Gasteiger partial charge >= 0.3 is 0 Å². The van der Waals surface area contributed by atoms with E-state index in [9.17, 15) is 0 Å². The van der Waals surface area contributed by atoms with Gasteiger partial charge in [-0.15, -0.1) is 0 Å². The predicted octanol–water partition coefficient (Wildman–Crippen LogP) is 4.02. The Labute approximate surface area is 108 Å². The van der Waals surface area contributed by atoms with Crippen LogP contribution in [0.25, 0.3) is 0 Å². The van der Waals surface area contributed by atoms with Crippen LogP contribution in [0.1, 0.15) is 36.0 Å². The molecule has 1 aromatic rings. The topological polar surface area (TPSA) is 33.0 Å². The maximum Gasteiger partial charge on any atom is 0.133 e. The van der Waals surface area contributed by atoms with E-state index in [0.29, 0.717) is 5.92 Å². The Morgan fingerprint density at radius 3 is 2.41 bits per heavy atom. The van der Waals surface area contributed by atoms with Gasteiger partial charge in [-0.25, -0.2) is 0 Å². The Bertz CT molecular complexity index is 400. The first kappa shape index (κ1) is 13.9. The molecule has 0 amide bonds. The number of nitriles is 1. The third-order valence-corrected chi connectivity index (χ3v) is 3.58. The minimum absolute atomic E-state index is 0.488. The molecular weight excluding hydrogens is 230 g/mol. The molecule has 0 heterocycles. The number of nitrogens with zero attached hydrogens (tertiary/aromatic N) is 1. The van der Waals surface area contributed by atoms with Crippen LogP contribution in [0.2, 0.25) is 0 Å². The van der Waals surface area contributed by atoms with E-state index in [0.717, 1.165) is 17.9 Å². The molecule has 2 nitrogen and oxygen atoms in total. The van der Waals surface area contributed by atoms with Crippen molar-refractivity contribution < 1.29 is 4.74 Å². The third kappa shape index (κ3) is 3.67. The number of aryl methyl sites for hydroxylation is 2. The summed E-state index contributed by atoms with van der Waals surface area (Å²) in [5.41, 5.74) is 3.94. The van der Waals surface area contributed by atoms with Crippen LogP contribution in [0.5, 0.6) is 5.75 Å². The summed E-state index contributed by atoms with van der Waals surface area (Å²) in [5, 5.41) is 10.6. The Morgan fingerprint density at radius 1 is 1.35 bits per heavy atom. The van der Waals surface area contributed by atoms with Gasteiger partial charge in [0, 0.05) is 5.75 Å². The van der Waals surface area contributed by atoms with E-state index in [-0.39, 0.29) is 0 Å². The van der Waals surface area contributed by atoms with Gasteiger partial charge in [-0.3, -0.25) is 0 Å². The quantitative estimate of drug-likeness (QED) is 0.583. The Kier molecular flexibility index (Phi) is 5.37. The minimum Gasteiger partial charge on any atom is -0.497 e. The minimum atomic E-state index is 0.488. The zero-order valence-electron chi connectivity index (χ0n) is 10.9. The second-order valence-corrected chi connectivity index (χ2v) is 5.18. The molecule has 0 aliphatic rings. The van der Waals surface area contributed by atoms with Crippen LogP contribution >= 0.6 is 11.8 Å². The van der Waals surface area contributed by atoms with Gasteiger partial charge in [0.2, 0.25) is 0 Å². The zero-order chi connectivity index (χ0) is 12.8. The molecule has 3 heteroatoms. The van der Waals surface area contributed by atoms with E-state index < -0.39 is 0 Å². The second kappa shape index (κ2) is 6.56. The predicted molar refractivity (Wildman–Crippen MR) is 73.6 cm³/mol. The first-order valence-electron chi connectivity index (χ1n) is 5.76. The molecule has 0 aliphatic carbocycles. The number of ether oxygens (including phenoxy) is 1. The Balaban J connectivity index is 2.86. The first-order valence-corrected chi connectivity index (χ1v) is 6.74. The number of thiocyanates is 1. The largest absolute Gasteiger partial charge is 0.497 e. The highest BCUT2D eigenvalue weighted by atomic mass is 32.2. The van der Waals surface area contributed by atoms with Gasteiger partial charge in [-0.1, -0.05) is 6.92 Å². The van der Waals surface area contributed by atoms with Crippen molar-refractivity contribution in [1.29, 1.82) is 5.26 Å². The lowest BCUT2D eigenvalue weighted by atomic mass is 9.90. The molecule has 0 N–H and O–H groups in total. The highest BCUT2D eigenvalue weighted by molar-refractivity contribution is 8.03. The van der Waals surface area contributed by atoms with Gasteiger partial charge in [0.1, 0.15) is 11.2 Å². The van der Waals surface area contributed by atoms with Crippen LogP contribution in [-0.4, -0.2) is 12.9 Å². The first-order chi connectivity index (χ1) is 8.10. The smallest absolute Gasteiger partial charge is 0.133 e. The maximum atomic E-state index is 8.52. The maximum absolute atomic E-state index is 8.52. The van der Waals surface area contributed by atoms with Crippen molar-refractivity contribution in [2.45, 2.75) is 33.1 Å². The fourth-order valence-corrected chi connectivity index (χ4v) is 2.82. The van der Waals surface area contributed by atoms with E-state index in [4.69, 9.17) is 10.00 Å². The molecule has 0 saturated carbocycles. The van der Waals surface area contributed by atoms with Crippen LogP contribution in [0.3, 0.4) is 0 Å². The van der Waals surface area contributed by atoms with Crippen molar-refractivity contribution in [1.82, 2.24) is 0 Å². The lowest BCUT2D eigenvalue weighted by Gasteiger charge is -2.18. The van der Waals surface area contributed by atoms with Gasteiger partial charge in [0.25, 0.3) is 0 Å². The summed E-state index contributed by atoms with van der Waals surface area (Å²) in [7, 11) is 1.70.